The second-order valence-electron chi connectivity index (χ2n) is 8.38. The molecule has 1 aromatic carbocycles. The molecule has 2 fully saturated rings. The minimum absolute atomic E-state index is 0.0923. The summed E-state index contributed by atoms with van der Waals surface area (Å²) in [5.74, 6) is -0.804. The molecule has 2 aliphatic rings. The number of ether oxygens (including phenoxy) is 1. The molecule has 1 atom stereocenters. The van der Waals surface area contributed by atoms with E-state index < -0.39 is 22.0 Å². The maximum absolute atomic E-state index is 13.5. The first-order chi connectivity index (χ1) is 15.9. The lowest BCUT2D eigenvalue weighted by Gasteiger charge is -2.34. The van der Waals surface area contributed by atoms with Crippen LogP contribution < -0.4 is 5.32 Å². The standard InChI is InChI=1S/C23H29N3O5S2/c1-31-23(28)21-6-2-3-10-26(21)22(27)18-12-19(24-15-17-7-11-32-16-17)14-20(13-18)33(29,30)25-8-4-5-9-25/h7,11-14,16,21,24H,2-6,8-10,15H2,1H3. The first-order valence-electron chi connectivity index (χ1n) is 11.2. The van der Waals surface area contributed by atoms with Crippen molar-refractivity contribution in [1.82, 2.24) is 9.21 Å². The van der Waals surface area contributed by atoms with Gasteiger partial charge in [-0.2, -0.15) is 15.6 Å². The van der Waals surface area contributed by atoms with E-state index in [0.717, 1.165) is 31.2 Å². The van der Waals surface area contributed by atoms with Crippen LogP contribution in [0, 0.1) is 0 Å². The van der Waals surface area contributed by atoms with Crippen molar-refractivity contribution in [1.29, 1.82) is 0 Å². The van der Waals surface area contributed by atoms with Crippen molar-refractivity contribution in [3.8, 4) is 0 Å². The minimum Gasteiger partial charge on any atom is -0.467 e. The van der Waals surface area contributed by atoms with Gasteiger partial charge in [-0.1, -0.05) is 0 Å². The Balaban J connectivity index is 1.68. The van der Waals surface area contributed by atoms with E-state index in [-0.39, 0.29) is 16.4 Å². The van der Waals surface area contributed by atoms with Crippen molar-refractivity contribution < 1.29 is 22.7 Å². The Hall–Kier alpha value is -2.43. The molecule has 2 saturated heterocycles. The lowest BCUT2D eigenvalue weighted by molar-refractivity contribution is -0.147. The Labute approximate surface area is 198 Å². The number of methoxy groups -OCH3 is 1. The van der Waals surface area contributed by atoms with Gasteiger partial charge in [-0.15, -0.1) is 0 Å². The molecule has 0 aliphatic carbocycles. The average Bonchev–Trinajstić information content (AvgIpc) is 3.56. The third-order valence-electron chi connectivity index (χ3n) is 6.17. The van der Waals surface area contributed by atoms with Gasteiger partial charge in [0.1, 0.15) is 6.04 Å². The number of amides is 1. The van der Waals surface area contributed by atoms with E-state index in [0.29, 0.717) is 38.3 Å². The van der Waals surface area contributed by atoms with Crippen molar-refractivity contribution in [2.75, 3.05) is 32.1 Å². The summed E-state index contributed by atoms with van der Waals surface area (Å²) in [5.41, 5.74) is 1.87. The van der Waals surface area contributed by atoms with E-state index in [1.807, 2.05) is 16.8 Å². The van der Waals surface area contributed by atoms with Crippen LogP contribution in [0.15, 0.2) is 39.9 Å². The quantitative estimate of drug-likeness (QED) is 0.597. The van der Waals surface area contributed by atoms with Crippen molar-refractivity contribution in [3.63, 3.8) is 0 Å². The van der Waals surface area contributed by atoms with Gasteiger partial charge < -0.3 is 15.0 Å². The Morgan fingerprint density at radius 2 is 1.88 bits per heavy atom. The molecule has 0 saturated carbocycles. The molecular weight excluding hydrogens is 462 g/mol. The molecule has 178 valence electrons. The molecule has 0 bridgehead atoms. The molecule has 1 unspecified atom stereocenters. The van der Waals surface area contributed by atoms with Crippen molar-refractivity contribution in [2.45, 2.75) is 49.6 Å². The highest BCUT2D eigenvalue weighted by atomic mass is 32.2. The summed E-state index contributed by atoms with van der Waals surface area (Å²) in [6.45, 7) is 1.90. The summed E-state index contributed by atoms with van der Waals surface area (Å²) < 4.78 is 33.0. The van der Waals surface area contributed by atoms with Crippen LogP contribution in [0.25, 0.3) is 0 Å². The molecule has 33 heavy (non-hydrogen) atoms. The SMILES string of the molecule is COC(=O)C1CCCCN1C(=O)c1cc(NCc2ccsc2)cc(S(=O)(=O)N2CCCC2)c1. The van der Waals surface area contributed by atoms with Gasteiger partial charge in [0.25, 0.3) is 5.91 Å². The number of carbonyl (C=O) groups excluding carboxylic acids is 2. The summed E-state index contributed by atoms with van der Waals surface area (Å²) in [5, 5.41) is 7.24. The minimum atomic E-state index is -3.72. The van der Waals surface area contributed by atoms with E-state index in [1.54, 1.807) is 23.5 Å². The molecule has 1 aromatic heterocycles. The third kappa shape index (κ3) is 5.23. The van der Waals surface area contributed by atoms with Crippen LogP contribution in [-0.4, -0.2) is 62.3 Å². The van der Waals surface area contributed by atoms with Crippen LogP contribution in [0.1, 0.15) is 48.0 Å². The fraction of sp³-hybridized carbons (Fsp3) is 0.478. The topological polar surface area (TPSA) is 96.0 Å². The number of nitrogens with one attached hydrogen (secondary N) is 1. The van der Waals surface area contributed by atoms with E-state index >= 15 is 0 Å². The van der Waals surface area contributed by atoms with E-state index in [4.69, 9.17) is 4.74 Å². The number of anilines is 1. The van der Waals surface area contributed by atoms with Crippen molar-refractivity contribution >= 4 is 38.9 Å². The predicted molar refractivity (Wildman–Crippen MR) is 127 cm³/mol. The van der Waals surface area contributed by atoms with Gasteiger partial charge in [-0.3, -0.25) is 4.79 Å². The molecule has 0 spiro atoms. The zero-order valence-electron chi connectivity index (χ0n) is 18.7. The molecular formula is C23H29N3O5S2. The normalized spacial score (nSPS) is 19.4. The molecule has 1 N–H and O–H groups in total. The van der Waals surface area contributed by atoms with Crippen molar-refractivity contribution in [2.24, 2.45) is 0 Å². The summed E-state index contributed by atoms with van der Waals surface area (Å²) >= 11 is 1.58. The smallest absolute Gasteiger partial charge is 0.328 e. The van der Waals surface area contributed by atoms with Gasteiger partial charge in [0, 0.05) is 37.4 Å². The van der Waals surface area contributed by atoms with Crippen LogP contribution in [0.3, 0.4) is 0 Å². The number of rotatable bonds is 7. The number of hydrogen-bond acceptors (Lipinski definition) is 7. The number of thiophene rings is 1. The maximum atomic E-state index is 13.5. The number of esters is 1. The first-order valence-corrected chi connectivity index (χ1v) is 13.6. The lowest BCUT2D eigenvalue weighted by Crippen LogP contribution is -2.48. The van der Waals surface area contributed by atoms with E-state index in [2.05, 4.69) is 5.32 Å². The molecule has 8 nitrogen and oxygen atoms in total. The molecule has 3 heterocycles. The summed E-state index contributed by atoms with van der Waals surface area (Å²) in [6.07, 6.45) is 3.81. The van der Waals surface area contributed by atoms with Gasteiger partial charge in [-0.05, 0) is 72.7 Å². The second kappa shape index (κ2) is 10.2. The molecule has 10 heteroatoms. The van der Waals surface area contributed by atoms with Crippen LogP contribution >= 0.6 is 11.3 Å². The van der Waals surface area contributed by atoms with Crippen LogP contribution in [-0.2, 0) is 26.1 Å². The highest BCUT2D eigenvalue weighted by molar-refractivity contribution is 7.89. The zero-order chi connectivity index (χ0) is 23.4. The number of benzene rings is 1. The summed E-state index contributed by atoms with van der Waals surface area (Å²) in [6, 6.07) is 6.03. The monoisotopic (exact) mass is 491 g/mol. The Morgan fingerprint density at radius 3 is 2.58 bits per heavy atom. The molecule has 2 aromatic rings. The second-order valence-corrected chi connectivity index (χ2v) is 11.1. The zero-order valence-corrected chi connectivity index (χ0v) is 20.3. The summed E-state index contributed by atoms with van der Waals surface area (Å²) in [7, 11) is -2.41. The van der Waals surface area contributed by atoms with Gasteiger partial charge in [0.15, 0.2) is 0 Å². The highest BCUT2D eigenvalue weighted by Gasteiger charge is 2.34. The third-order valence-corrected chi connectivity index (χ3v) is 8.78. The number of hydrogen-bond donors (Lipinski definition) is 1. The fourth-order valence-corrected chi connectivity index (χ4v) is 6.63. The number of likely N-dealkylation sites (tertiary alicyclic amines) is 1. The highest BCUT2D eigenvalue weighted by Crippen LogP contribution is 2.28. The number of piperidine rings is 1. The average molecular weight is 492 g/mol. The van der Waals surface area contributed by atoms with Gasteiger partial charge in [0.05, 0.1) is 12.0 Å². The number of carbonyl (C=O) groups is 2. The largest absolute Gasteiger partial charge is 0.467 e. The molecule has 2 aliphatic heterocycles. The van der Waals surface area contributed by atoms with E-state index in [9.17, 15) is 18.0 Å². The number of nitrogens with zero attached hydrogens (tertiary/aromatic N) is 2. The van der Waals surface area contributed by atoms with Crippen LogP contribution in [0.4, 0.5) is 5.69 Å². The maximum Gasteiger partial charge on any atom is 0.328 e. The Kier molecular flexibility index (Phi) is 7.35. The van der Waals surface area contributed by atoms with Crippen LogP contribution in [0.5, 0.6) is 0 Å². The fourth-order valence-electron chi connectivity index (χ4n) is 4.37. The Bertz CT molecular complexity index is 1100. The first kappa shape index (κ1) is 23.7. The van der Waals surface area contributed by atoms with Gasteiger partial charge in [0.2, 0.25) is 10.0 Å². The molecule has 0 radical (unpaired) electrons. The van der Waals surface area contributed by atoms with E-state index in [1.165, 1.54) is 22.4 Å². The van der Waals surface area contributed by atoms with Gasteiger partial charge >= 0.3 is 5.97 Å². The lowest BCUT2D eigenvalue weighted by atomic mass is 10.0. The predicted octanol–water partition coefficient (Wildman–Crippen LogP) is 3.31. The Morgan fingerprint density at radius 1 is 1.12 bits per heavy atom. The van der Waals surface area contributed by atoms with Gasteiger partial charge in [-0.25, -0.2) is 13.2 Å². The number of sulfonamides is 1. The summed E-state index contributed by atoms with van der Waals surface area (Å²) in [4.78, 5) is 27.4. The van der Waals surface area contributed by atoms with Crippen LogP contribution in [0.2, 0.25) is 0 Å². The molecule has 4 rings (SSSR count). The molecule has 1 amide bonds. The van der Waals surface area contributed by atoms with Crippen molar-refractivity contribution in [3.05, 3.63) is 46.2 Å².